The molecular formula is C28H42ClN5O2. The monoisotopic (exact) mass is 515 g/mol. The van der Waals surface area contributed by atoms with E-state index in [1.54, 1.807) is 13.3 Å². The second kappa shape index (κ2) is 12.5. The van der Waals surface area contributed by atoms with Gasteiger partial charge in [-0.15, -0.1) is 0 Å². The zero-order valence-corrected chi connectivity index (χ0v) is 22.9. The molecule has 0 radical (unpaired) electrons. The predicted molar refractivity (Wildman–Crippen MR) is 148 cm³/mol. The first-order valence-electron chi connectivity index (χ1n) is 13.3. The smallest absolute Gasteiger partial charge is 0.126 e. The molecule has 2 fully saturated rings. The van der Waals surface area contributed by atoms with Crippen LogP contribution in [0.4, 0.5) is 11.6 Å². The predicted octanol–water partition coefficient (Wildman–Crippen LogP) is 5.76. The molecule has 1 aliphatic carbocycles. The number of nitrogens with one attached hydrogen (secondary N) is 3. The Bertz CT molecular complexity index is 980. The minimum atomic E-state index is -0.0496. The van der Waals surface area contributed by atoms with Crippen molar-refractivity contribution in [3.8, 4) is 11.3 Å². The van der Waals surface area contributed by atoms with Crippen LogP contribution in [0.15, 0.2) is 30.5 Å². The first-order valence-corrected chi connectivity index (χ1v) is 13.7. The average molecular weight is 516 g/mol. The third-order valence-corrected chi connectivity index (χ3v) is 7.57. The minimum Gasteiger partial charge on any atom is -0.383 e. The molecule has 1 saturated carbocycles. The molecule has 2 atom stereocenters. The van der Waals surface area contributed by atoms with E-state index >= 15 is 0 Å². The summed E-state index contributed by atoms with van der Waals surface area (Å²) in [6.45, 7) is 8.97. The van der Waals surface area contributed by atoms with Crippen LogP contribution in [0.1, 0.15) is 59.3 Å². The summed E-state index contributed by atoms with van der Waals surface area (Å²) in [5, 5.41) is 11.4. The summed E-state index contributed by atoms with van der Waals surface area (Å²) in [7, 11) is 1.75. The number of hydrogen-bond donors (Lipinski definition) is 3. The summed E-state index contributed by atoms with van der Waals surface area (Å²) in [5.41, 5.74) is 1.70. The fraction of sp³-hybridized carbons (Fsp3) is 0.643. The van der Waals surface area contributed by atoms with Crippen LogP contribution in [0, 0.1) is 5.92 Å². The van der Waals surface area contributed by atoms with E-state index in [1.807, 2.05) is 24.3 Å². The minimum absolute atomic E-state index is 0.0496. The van der Waals surface area contributed by atoms with Gasteiger partial charge in [0, 0.05) is 50.1 Å². The van der Waals surface area contributed by atoms with Gasteiger partial charge in [-0.1, -0.05) is 17.7 Å². The van der Waals surface area contributed by atoms with Gasteiger partial charge in [0.05, 0.1) is 22.9 Å². The molecule has 0 aromatic carbocycles. The lowest BCUT2D eigenvalue weighted by molar-refractivity contribution is -0.0699. The molecule has 4 rings (SSSR count). The molecule has 0 amide bonds. The summed E-state index contributed by atoms with van der Waals surface area (Å²) in [4.78, 5) is 9.42. The Labute approximate surface area is 221 Å². The summed E-state index contributed by atoms with van der Waals surface area (Å²) >= 11 is 6.57. The number of rotatable bonds is 10. The number of ether oxygens (including phenoxy) is 2. The zero-order valence-electron chi connectivity index (χ0n) is 22.1. The van der Waals surface area contributed by atoms with Crippen molar-refractivity contribution in [1.29, 1.82) is 0 Å². The molecule has 8 heteroatoms. The first-order chi connectivity index (χ1) is 17.3. The Morgan fingerprint density at radius 2 is 1.92 bits per heavy atom. The second-order valence-corrected chi connectivity index (χ2v) is 11.4. The third-order valence-electron chi connectivity index (χ3n) is 7.27. The fourth-order valence-electron chi connectivity index (χ4n) is 5.49. The Balaban J connectivity index is 1.34. The second-order valence-electron chi connectivity index (χ2n) is 11.0. The molecule has 1 saturated heterocycles. The van der Waals surface area contributed by atoms with E-state index in [1.165, 1.54) is 0 Å². The number of pyridine rings is 2. The Kier molecular flexibility index (Phi) is 9.45. The Morgan fingerprint density at radius 1 is 1.14 bits per heavy atom. The summed E-state index contributed by atoms with van der Waals surface area (Å²) in [6, 6.07) is 9.42. The van der Waals surface area contributed by atoms with Gasteiger partial charge < -0.3 is 25.4 Å². The zero-order chi connectivity index (χ0) is 25.5. The van der Waals surface area contributed by atoms with Crippen LogP contribution in [0.2, 0.25) is 5.02 Å². The highest BCUT2D eigenvalue weighted by atomic mass is 35.5. The van der Waals surface area contributed by atoms with Crippen molar-refractivity contribution in [3.05, 3.63) is 35.5 Å². The van der Waals surface area contributed by atoms with Crippen molar-refractivity contribution >= 4 is 23.2 Å². The van der Waals surface area contributed by atoms with Gasteiger partial charge >= 0.3 is 0 Å². The quantitative estimate of drug-likeness (QED) is 0.371. The lowest BCUT2D eigenvalue weighted by atomic mass is 9.88. The van der Waals surface area contributed by atoms with E-state index in [2.05, 4.69) is 41.7 Å². The lowest BCUT2D eigenvalue weighted by Gasteiger charge is -2.35. The molecule has 0 spiro atoms. The van der Waals surface area contributed by atoms with Crippen molar-refractivity contribution < 1.29 is 9.47 Å². The molecule has 2 aliphatic rings. The van der Waals surface area contributed by atoms with Crippen molar-refractivity contribution in [1.82, 2.24) is 15.3 Å². The van der Waals surface area contributed by atoms with E-state index in [0.717, 1.165) is 81.2 Å². The van der Waals surface area contributed by atoms with Crippen LogP contribution in [0.25, 0.3) is 11.3 Å². The van der Waals surface area contributed by atoms with Crippen molar-refractivity contribution in [2.45, 2.75) is 83.0 Å². The highest BCUT2D eigenvalue weighted by Crippen LogP contribution is 2.31. The standard InChI is InChI=1S/C28H42ClN5O2/c1-19(18-35-4)32-21-8-10-22(11-9-21)33-27-14-23(24(29)17-31-27)25-6-5-7-26(34-25)30-16-20-12-13-36-28(2,3)15-20/h5-7,14,17,19-22,32H,8-13,15-16,18H2,1-4H3,(H,30,34)(H,31,33)/t19-,20?,21-,22-/m0/s1. The molecule has 198 valence electrons. The molecular weight excluding hydrogens is 474 g/mol. The van der Waals surface area contributed by atoms with Crippen molar-refractivity contribution in [3.63, 3.8) is 0 Å². The summed E-state index contributed by atoms with van der Waals surface area (Å²) in [5.74, 6) is 2.30. The molecule has 3 N–H and O–H groups in total. The van der Waals surface area contributed by atoms with Gasteiger partial charge in [0.2, 0.25) is 0 Å². The van der Waals surface area contributed by atoms with Crippen LogP contribution in [0.3, 0.4) is 0 Å². The largest absolute Gasteiger partial charge is 0.383 e. The van der Waals surface area contributed by atoms with Crippen LogP contribution in [0.5, 0.6) is 0 Å². The van der Waals surface area contributed by atoms with E-state index in [0.29, 0.717) is 29.1 Å². The maximum Gasteiger partial charge on any atom is 0.126 e. The third kappa shape index (κ3) is 7.78. The van der Waals surface area contributed by atoms with Crippen molar-refractivity contribution in [2.75, 3.05) is 37.5 Å². The Morgan fingerprint density at radius 3 is 2.67 bits per heavy atom. The van der Waals surface area contributed by atoms with Crippen LogP contribution in [-0.4, -0.2) is 60.6 Å². The SMILES string of the molecule is COC[C@H](C)N[C@H]1CC[C@H](Nc2cc(-c3cccc(NCC4CCOC(C)(C)C4)n3)c(Cl)cn2)CC1. The first kappa shape index (κ1) is 27.1. The highest BCUT2D eigenvalue weighted by molar-refractivity contribution is 6.33. The normalized spacial score (nSPS) is 24.8. The molecule has 2 aromatic rings. The van der Waals surface area contributed by atoms with Crippen LogP contribution < -0.4 is 16.0 Å². The highest BCUT2D eigenvalue weighted by Gasteiger charge is 2.28. The number of hydrogen-bond acceptors (Lipinski definition) is 7. The van der Waals surface area contributed by atoms with Gasteiger partial charge in [0.15, 0.2) is 0 Å². The van der Waals surface area contributed by atoms with Crippen LogP contribution in [-0.2, 0) is 9.47 Å². The number of nitrogens with zero attached hydrogens (tertiary/aromatic N) is 2. The maximum atomic E-state index is 6.57. The van der Waals surface area contributed by atoms with Gasteiger partial charge in [-0.05, 0) is 83.4 Å². The van der Waals surface area contributed by atoms with Gasteiger partial charge in [0.25, 0.3) is 0 Å². The molecule has 36 heavy (non-hydrogen) atoms. The topological polar surface area (TPSA) is 80.3 Å². The maximum absolute atomic E-state index is 6.57. The van der Waals surface area contributed by atoms with Crippen LogP contribution >= 0.6 is 11.6 Å². The van der Waals surface area contributed by atoms with E-state index in [9.17, 15) is 0 Å². The number of methoxy groups -OCH3 is 1. The number of anilines is 2. The molecule has 2 aromatic heterocycles. The molecule has 1 unspecified atom stereocenters. The van der Waals surface area contributed by atoms with Gasteiger partial charge in [0.1, 0.15) is 11.6 Å². The Hall–Kier alpha value is -1.93. The van der Waals surface area contributed by atoms with Crippen molar-refractivity contribution in [2.24, 2.45) is 5.92 Å². The summed E-state index contributed by atoms with van der Waals surface area (Å²) < 4.78 is 11.1. The fourth-order valence-corrected chi connectivity index (χ4v) is 5.69. The number of halogens is 1. The van der Waals surface area contributed by atoms with E-state index in [4.69, 9.17) is 26.1 Å². The van der Waals surface area contributed by atoms with E-state index in [-0.39, 0.29) is 5.60 Å². The average Bonchev–Trinajstić information content (AvgIpc) is 2.85. The molecule has 1 aliphatic heterocycles. The van der Waals surface area contributed by atoms with Gasteiger partial charge in [-0.3, -0.25) is 0 Å². The number of aromatic nitrogens is 2. The molecule has 7 nitrogen and oxygen atoms in total. The molecule has 0 bridgehead atoms. The van der Waals surface area contributed by atoms with Gasteiger partial charge in [-0.2, -0.15) is 0 Å². The lowest BCUT2D eigenvalue weighted by Crippen LogP contribution is -2.42. The molecule has 3 heterocycles. The van der Waals surface area contributed by atoms with Gasteiger partial charge in [-0.25, -0.2) is 9.97 Å². The van der Waals surface area contributed by atoms with E-state index < -0.39 is 0 Å². The summed E-state index contributed by atoms with van der Waals surface area (Å²) in [6.07, 6.45) is 8.36.